The van der Waals surface area contributed by atoms with Crippen molar-refractivity contribution >= 4 is 11.6 Å². The molecule has 1 heterocycles. The summed E-state index contributed by atoms with van der Waals surface area (Å²) in [5.41, 5.74) is 6.98. The van der Waals surface area contributed by atoms with Crippen LogP contribution in [0, 0.1) is 0 Å². The molecule has 1 aromatic carbocycles. The average Bonchev–Trinajstić information content (AvgIpc) is 2.85. The number of nitrogen functional groups attached to an aromatic ring is 1. The summed E-state index contributed by atoms with van der Waals surface area (Å²) < 4.78 is 41.8. The molecule has 6 nitrogen and oxygen atoms in total. The third-order valence-electron chi connectivity index (χ3n) is 3.00. The van der Waals surface area contributed by atoms with Gasteiger partial charge in [0.05, 0.1) is 6.20 Å². The van der Waals surface area contributed by atoms with Crippen molar-refractivity contribution in [1.29, 1.82) is 0 Å². The van der Waals surface area contributed by atoms with Crippen LogP contribution in [-0.2, 0) is 11.3 Å². The Labute approximate surface area is 130 Å². The zero-order valence-electron chi connectivity index (χ0n) is 12.5. The molecule has 2 rings (SSSR count). The van der Waals surface area contributed by atoms with Gasteiger partial charge in [0, 0.05) is 43.2 Å². The number of alkyl halides is 3. The lowest BCUT2D eigenvalue weighted by molar-refractivity contribution is -0.274. The van der Waals surface area contributed by atoms with E-state index in [1.807, 2.05) is 0 Å². The first kappa shape index (κ1) is 16.7. The Kier molecular flexibility index (Phi) is 4.48. The maximum absolute atomic E-state index is 12.2. The molecule has 0 aliphatic rings. The second-order valence-electron chi connectivity index (χ2n) is 5.01. The van der Waals surface area contributed by atoms with E-state index in [0.29, 0.717) is 11.1 Å². The summed E-state index contributed by atoms with van der Waals surface area (Å²) in [4.78, 5) is 13.0. The number of rotatable bonds is 4. The van der Waals surface area contributed by atoms with E-state index in [4.69, 9.17) is 5.73 Å². The maximum atomic E-state index is 12.2. The van der Waals surface area contributed by atoms with Crippen LogP contribution in [0.15, 0.2) is 30.6 Å². The van der Waals surface area contributed by atoms with Gasteiger partial charge >= 0.3 is 6.36 Å². The number of ether oxygens (including phenoxy) is 1. The highest BCUT2D eigenvalue weighted by molar-refractivity contribution is 5.78. The van der Waals surface area contributed by atoms with Crippen LogP contribution in [0.2, 0.25) is 0 Å². The Balaban J connectivity index is 2.19. The molecule has 0 atom stereocenters. The van der Waals surface area contributed by atoms with Crippen molar-refractivity contribution in [1.82, 2.24) is 14.7 Å². The van der Waals surface area contributed by atoms with Gasteiger partial charge in [-0.3, -0.25) is 9.48 Å². The third kappa shape index (κ3) is 4.38. The Hall–Kier alpha value is -2.71. The van der Waals surface area contributed by atoms with Gasteiger partial charge in [-0.25, -0.2) is 0 Å². The first-order valence-corrected chi connectivity index (χ1v) is 6.54. The van der Waals surface area contributed by atoms with Gasteiger partial charge in [-0.05, 0) is 12.1 Å². The number of carbonyl (C=O) groups excluding carboxylic acids is 1. The van der Waals surface area contributed by atoms with Gasteiger partial charge in [-0.2, -0.15) is 5.10 Å². The molecule has 0 aliphatic carbocycles. The second-order valence-corrected chi connectivity index (χ2v) is 5.01. The zero-order chi connectivity index (χ0) is 17.2. The van der Waals surface area contributed by atoms with Crippen LogP contribution in [0.4, 0.5) is 18.9 Å². The summed E-state index contributed by atoms with van der Waals surface area (Å²) in [7, 11) is 3.26. The van der Waals surface area contributed by atoms with Crippen LogP contribution < -0.4 is 10.5 Å². The Morgan fingerprint density at radius 1 is 1.39 bits per heavy atom. The van der Waals surface area contributed by atoms with Gasteiger partial charge in [0.2, 0.25) is 5.91 Å². The molecule has 0 fully saturated rings. The number of aromatic nitrogens is 2. The number of likely N-dealkylation sites (N-methyl/N-ethyl adjacent to an activating group) is 1. The van der Waals surface area contributed by atoms with Gasteiger partial charge in [0.15, 0.2) is 0 Å². The van der Waals surface area contributed by atoms with E-state index in [9.17, 15) is 18.0 Å². The minimum absolute atomic E-state index is 0.0577. The lowest BCUT2D eigenvalue weighted by Gasteiger charge is -2.11. The van der Waals surface area contributed by atoms with Crippen LogP contribution in [0.3, 0.4) is 0 Å². The molecular weight excluding hydrogens is 313 g/mol. The van der Waals surface area contributed by atoms with Crippen molar-refractivity contribution in [3.05, 3.63) is 30.6 Å². The summed E-state index contributed by atoms with van der Waals surface area (Å²) >= 11 is 0. The molecule has 0 aliphatic heterocycles. The van der Waals surface area contributed by atoms with E-state index in [1.54, 1.807) is 20.3 Å². The summed E-state index contributed by atoms with van der Waals surface area (Å²) in [6, 6.07) is 3.66. The summed E-state index contributed by atoms with van der Waals surface area (Å²) in [6.07, 6.45) is -1.69. The molecule has 1 aromatic heterocycles. The number of carbonyl (C=O) groups is 1. The van der Waals surface area contributed by atoms with E-state index < -0.39 is 12.1 Å². The molecule has 2 N–H and O–H groups in total. The fraction of sp³-hybridized carbons (Fsp3) is 0.286. The first-order chi connectivity index (χ1) is 10.7. The average molecular weight is 328 g/mol. The molecule has 0 bridgehead atoms. The van der Waals surface area contributed by atoms with E-state index in [2.05, 4.69) is 9.84 Å². The van der Waals surface area contributed by atoms with Gasteiger partial charge in [-0.1, -0.05) is 0 Å². The fourth-order valence-corrected chi connectivity index (χ4v) is 1.87. The lowest BCUT2D eigenvalue weighted by atomic mass is 10.1. The Morgan fingerprint density at radius 3 is 2.65 bits per heavy atom. The van der Waals surface area contributed by atoms with E-state index in [-0.39, 0.29) is 18.1 Å². The van der Waals surface area contributed by atoms with E-state index in [1.165, 1.54) is 27.9 Å². The van der Waals surface area contributed by atoms with E-state index >= 15 is 0 Å². The number of halogens is 3. The second kappa shape index (κ2) is 6.19. The zero-order valence-corrected chi connectivity index (χ0v) is 12.5. The number of benzene rings is 1. The fourth-order valence-electron chi connectivity index (χ4n) is 1.87. The highest BCUT2D eigenvalue weighted by atomic mass is 19.4. The quantitative estimate of drug-likeness (QED) is 0.873. The topological polar surface area (TPSA) is 73.4 Å². The smallest absolute Gasteiger partial charge is 0.406 e. The molecule has 2 aromatic rings. The molecule has 0 saturated heterocycles. The van der Waals surface area contributed by atoms with Crippen molar-refractivity contribution in [2.75, 3.05) is 19.8 Å². The number of nitrogens with zero attached hydrogens (tertiary/aromatic N) is 3. The number of hydrogen-bond donors (Lipinski definition) is 1. The normalized spacial score (nSPS) is 11.3. The van der Waals surface area contributed by atoms with E-state index in [0.717, 1.165) is 6.07 Å². The summed E-state index contributed by atoms with van der Waals surface area (Å²) in [6.45, 7) is 0.0577. The Bertz CT molecular complexity index is 710. The molecular formula is C14H15F3N4O2. The minimum atomic E-state index is -4.77. The Morgan fingerprint density at radius 2 is 2.09 bits per heavy atom. The van der Waals surface area contributed by atoms with Crippen molar-refractivity contribution < 1.29 is 22.7 Å². The summed E-state index contributed by atoms with van der Waals surface area (Å²) in [5, 5.41) is 4.04. The molecule has 1 amide bonds. The molecule has 0 spiro atoms. The van der Waals surface area contributed by atoms with Crippen LogP contribution in [-0.4, -0.2) is 41.0 Å². The summed E-state index contributed by atoms with van der Waals surface area (Å²) in [5.74, 6) is -0.532. The molecule has 23 heavy (non-hydrogen) atoms. The van der Waals surface area contributed by atoms with Crippen molar-refractivity contribution in [3.8, 4) is 16.9 Å². The minimum Gasteiger partial charge on any atom is -0.406 e. The van der Waals surface area contributed by atoms with Crippen molar-refractivity contribution in [2.45, 2.75) is 12.9 Å². The lowest BCUT2D eigenvalue weighted by Crippen LogP contribution is -2.26. The molecule has 9 heteroatoms. The number of amides is 1. The molecule has 0 saturated carbocycles. The predicted octanol–water partition coefficient (Wildman–Crippen LogP) is 2.12. The first-order valence-electron chi connectivity index (χ1n) is 6.54. The monoisotopic (exact) mass is 328 g/mol. The maximum Gasteiger partial charge on any atom is 0.573 e. The number of nitrogens with two attached hydrogens (primary N) is 1. The van der Waals surface area contributed by atoms with Gasteiger partial charge in [-0.15, -0.1) is 13.2 Å². The van der Waals surface area contributed by atoms with Gasteiger partial charge < -0.3 is 15.4 Å². The molecule has 124 valence electrons. The molecule has 0 radical (unpaired) electrons. The van der Waals surface area contributed by atoms with Crippen LogP contribution in [0.25, 0.3) is 11.1 Å². The van der Waals surface area contributed by atoms with Gasteiger partial charge in [0.1, 0.15) is 12.3 Å². The van der Waals surface area contributed by atoms with Crippen LogP contribution >= 0.6 is 0 Å². The largest absolute Gasteiger partial charge is 0.573 e. The number of hydrogen-bond acceptors (Lipinski definition) is 4. The van der Waals surface area contributed by atoms with Crippen molar-refractivity contribution in [3.63, 3.8) is 0 Å². The third-order valence-corrected chi connectivity index (χ3v) is 3.00. The van der Waals surface area contributed by atoms with Crippen LogP contribution in [0.1, 0.15) is 0 Å². The highest BCUT2D eigenvalue weighted by Gasteiger charge is 2.31. The van der Waals surface area contributed by atoms with Gasteiger partial charge in [0.25, 0.3) is 0 Å². The SMILES string of the molecule is CN(C)C(=O)Cn1cc(-c2ccc(OC(F)(F)F)cc2N)cn1. The van der Waals surface area contributed by atoms with Crippen molar-refractivity contribution in [2.24, 2.45) is 0 Å². The standard InChI is InChI=1S/C14H15F3N4O2/c1-20(2)13(22)8-21-7-9(6-19-21)11-4-3-10(5-12(11)18)23-14(15,16)17/h3-7H,8,18H2,1-2H3. The predicted molar refractivity (Wildman–Crippen MR) is 77.5 cm³/mol. The number of anilines is 1. The molecule has 0 unspecified atom stereocenters. The van der Waals surface area contributed by atoms with Crippen LogP contribution in [0.5, 0.6) is 5.75 Å². The highest BCUT2D eigenvalue weighted by Crippen LogP contribution is 2.31.